The van der Waals surface area contributed by atoms with Crippen molar-refractivity contribution in [3.63, 3.8) is 0 Å². The van der Waals surface area contributed by atoms with Crippen LogP contribution < -0.4 is 11.1 Å². The first-order chi connectivity index (χ1) is 19.4. The van der Waals surface area contributed by atoms with Crippen molar-refractivity contribution in [3.05, 3.63) is 66.2 Å². The first-order valence-corrected chi connectivity index (χ1v) is 14.4. The third kappa shape index (κ3) is 5.50. The van der Waals surface area contributed by atoms with Crippen LogP contribution in [0.25, 0.3) is 22.4 Å². The predicted octanol–water partition coefficient (Wildman–Crippen LogP) is 5.61. The van der Waals surface area contributed by atoms with Gasteiger partial charge in [0.05, 0.1) is 0 Å². The minimum atomic E-state index is -0.835. The van der Waals surface area contributed by atoms with Gasteiger partial charge in [-0.05, 0) is 55.2 Å². The number of aromatic nitrogens is 2. The predicted molar refractivity (Wildman–Crippen MR) is 153 cm³/mol. The minimum Gasteiger partial charge on any atom is -0.340 e. The molecule has 2 aliphatic carbocycles. The van der Waals surface area contributed by atoms with E-state index in [1.165, 1.54) is 0 Å². The second-order valence-electron chi connectivity index (χ2n) is 11.7. The Morgan fingerprint density at radius 2 is 1.73 bits per heavy atom. The van der Waals surface area contributed by atoms with Gasteiger partial charge in [0.15, 0.2) is 5.82 Å². The Labute approximate surface area is 234 Å². The lowest BCUT2D eigenvalue weighted by atomic mass is 9.71. The van der Waals surface area contributed by atoms with Crippen molar-refractivity contribution >= 4 is 17.6 Å². The van der Waals surface area contributed by atoms with E-state index in [0.717, 1.165) is 60.9 Å². The Morgan fingerprint density at radius 1 is 1.00 bits per heavy atom. The van der Waals surface area contributed by atoms with Crippen molar-refractivity contribution in [1.82, 2.24) is 15.1 Å². The van der Waals surface area contributed by atoms with Crippen LogP contribution >= 0.6 is 0 Å². The highest BCUT2D eigenvalue weighted by Gasteiger charge is 2.42. The molecule has 208 valence electrons. The Morgan fingerprint density at radius 3 is 2.38 bits per heavy atom. The standard InChI is InChI=1S/C32H36FN5O2/c33-25-19-32(34,20-25)24-12-10-23(11-13-24)31-27(22-5-2-1-3-6-22)18-28(36-37-31)35-29(39)17-21-8-14-26(15-9-21)38-16-4-7-30(38)40/h1-3,5-6,10-13,18,21,25-26H,4,7-9,14-17,19-20,34H2,(H,35,36,39)/t21-,25-,26-,32-. The number of alkyl halides is 1. The van der Waals surface area contributed by atoms with Gasteiger partial charge in [-0.2, -0.15) is 0 Å². The molecule has 40 heavy (non-hydrogen) atoms. The van der Waals surface area contributed by atoms with E-state index >= 15 is 0 Å². The van der Waals surface area contributed by atoms with E-state index in [-0.39, 0.29) is 11.8 Å². The molecular weight excluding hydrogens is 505 g/mol. The number of benzene rings is 2. The summed E-state index contributed by atoms with van der Waals surface area (Å²) < 4.78 is 13.5. The van der Waals surface area contributed by atoms with Gasteiger partial charge in [0.25, 0.3) is 0 Å². The molecule has 2 amide bonds. The number of hydrogen-bond acceptors (Lipinski definition) is 5. The first kappa shape index (κ1) is 26.6. The van der Waals surface area contributed by atoms with Crippen LogP contribution in [0.1, 0.15) is 63.4 Å². The van der Waals surface area contributed by atoms with Crippen molar-refractivity contribution < 1.29 is 14.0 Å². The first-order valence-electron chi connectivity index (χ1n) is 14.4. The molecular formula is C32H36FN5O2. The van der Waals surface area contributed by atoms with Gasteiger partial charge in [0.2, 0.25) is 11.8 Å². The van der Waals surface area contributed by atoms with Crippen LogP contribution in [-0.2, 0) is 15.1 Å². The van der Waals surface area contributed by atoms with E-state index in [1.54, 1.807) is 0 Å². The summed E-state index contributed by atoms with van der Waals surface area (Å²) in [5.41, 5.74) is 10.1. The Bertz CT molecular complexity index is 1370. The van der Waals surface area contributed by atoms with Crippen molar-refractivity contribution in [2.24, 2.45) is 11.7 Å². The van der Waals surface area contributed by atoms with E-state index in [9.17, 15) is 14.0 Å². The number of nitrogens with zero attached hydrogens (tertiary/aromatic N) is 3. The third-order valence-corrected chi connectivity index (χ3v) is 8.89. The maximum Gasteiger partial charge on any atom is 0.225 e. The molecule has 0 spiro atoms. The van der Waals surface area contributed by atoms with E-state index in [2.05, 4.69) is 15.5 Å². The highest BCUT2D eigenvalue weighted by atomic mass is 19.1. The van der Waals surface area contributed by atoms with Gasteiger partial charge in [-0.25, -0.2) is 4.39 Å². The van der Waals surface area contributed by atoms with Crippen LogP contribution in [0.5, 0.6) is 0 Å². The number of amides is 2. The molecule has 0 radical (unpaired) electrons. The number of halogens is 1. The molecule has 3 N–H and O–H groups in total. The number of carbonyl (C=O) groups excluding carboxylic acids is 2. The maximum absolute atomic E-state index is 13.5. The van der Waals surface area contributed by atoms with E-state index in [0.29, 0.717) is 49.2 Å². The molecule has 7 nitrogen and oxygen atoms in total. The Balaban J connectivity index is 1.15. The average Bonchev–Trinajstić information content (AvgIpc) is 3.39. The summed E-state index contributed by atoms with van der Waals surface area (Å²) in [6.45, 7) is 0.880. The molecule has 2 aromatic carbocycles. The summed E-state index contributed by atoms with van der Waals surface area (Å²) >= 11 is 0. The normalized spacial score (nSPS) is 26.4. The maximum atomic E-state index is 13.5. The average molecular weight is 542 g/mol. The number of rotatable bonds is 7. The van der Waals surface area contributed by atoms with E-state index in [4.69, 9.17) is 5.73 Å². The van der Waals surface area contributed by atoms with E-state index < -0.39 is 11.7 Å². The lowest BCUT2D eigenvalue weighted by molar-refractivity contribution is -0.130. The summed E-state index contributed by atoms with van der Waals surface area (Å²) in [7, 11) is 0. The minimum absolute atomic E-state index is 0.0639. The molecule has 6 rings (SSSR count). The third-order valence-electron chi connectivity index (χ3n) is 8.89. The fourth-order valence-electron chi connectivity index (χ4n) is 6.60. The zero-order valence-corrected chi connectivity index (χ0v) is 22.7. The smallest absolute Gasteiger partial charge is 0.225 e. The highest BCUT2D eigenvalue weighted by molar-refractivity contribution is 5.91. The molecule has 0 unspecified atom stereocenters. The Hall–Kier alpha value is -3.65. The zero-order valence-electron chi connectivity index (χ0n) is 22.7. The second kappa shape index (κ2) is 11.1. The van der Waals surface area contributed by atoms with Gasteiger partial charge in [0.1, 0.15) is 11.9 Å². The van der Waals surface area contributed by atoms with Crippen molar-refractivity contribution in [3.8, 4) is 22.4 Å². The van der Waals surface area contributed by atoms with E-state index in [1.807, 2.05) is 65.6 Å². The summed E-state index contributed by atoms with van der Waals surface area (Å²) in [6, 6.07) is 19.9. The molecule has 0 atom stereocenters. The summed E-state index contributed by atoms with van der Waals surface area (Å²) in [5, 5.41) is 11.9. The SMILES string of the molecule is N[C@]1(c2ccc(-c3nnc(NC(=O)C[C@H]4CC[C@H](N5CCCC5=O)CC4)cc3-c3ccccc3)cc2)C[C@@H](F)C1. The van der Waals surface area contributed by atoms with Crippen LogP contribution in [-0.4, -0.2) is 45.7 Å². The monoisotopic (exact) mass is 541 g/mol. The summed E-state index contributed by atoms with van der Waals surface area (Å²) in [5.74, 6) is 0.948. The van der Waals surface area contributed by atoms with Gasteiger partial charge < -0.3 is 16.0 Å². The van der Waals surface area contributed by atoms with Crippen LogP contribution in [0.3, 0.4) is 0 Å². The topological polar surface area (TPSA) is 101 Å². The molecule has 8 heteroatoms. The molecule has 1 saturated heterocycles. The molecule has 2 saturated carbocycles. The van der Waals surface area contributed by atoms with Crippen LogP contribution in [0, 0.1) is 5.92 Å². The molecule has 1 aromatic heterocycles. The van der Waals surface area contributed by atoms with Gasteiger partial charge in [-0.15, -0.1) is 10.2 Å². The van der Waals surface area contributed by atoms with Crippen LogP contribution in [0.15, 0.2) is 60.7 Å². The largest absolute Gasteiger partial charge is 0.340 e. The quantitative estimate of drug-likeness (QED) is 0.405. The highest BCUT2D eigenvalue weighted by Crippen LogP contribution is 2.42. The number of hydrogen-bond donors (Lipinski definition) is 2. The van der Waals surface area contributed by atoms with Crippen molar-refractivity contribution in [1.29, 1.82) is 0 Å². The van der Waals surface area contributed by atoms with Crippen LogP contribution in [0.4, 0.5) is 10.2 Å². The lowest BCUT2D eigenvalue weighted by Gasteiger charge is -2.41. The second-order valence-corrected chi connectivity index (χ2v) is 11.7. The summed E-state index contributed by atoms with van der Waals surface area (Å²) in [6.07, 6.45) is 5.77. The number of carbonyl (C=O) groups is 2. The van der Waals surface area contributed by atoms with Gasteiger partial charge in [0, 0.05) is 54.9 Å². The lowest BCUT2D eigenvalue weighted by Crippen LogP contribution is -2.50. The fourth-order valence-corrected chi connectivity index (χ4v) is 6.60. The number of anilines is 1. The molecule has 3 aromatic rings. The summed E-state index contributed by atoms with van der Waals surface area (Å²) in [4.78, 5) is 27.1. The van der Waals surface area contributed by atoms with Gasteiger partial charge in [-0.1, -0.05) is 54.6 Å². The molecule has 3 fully saturated rings. The molecule has 0 bridgehead atoms. The van der Waals surface area contributed by atoms with Crippen molar-refractivity contribution in [2.45, 2.75) is 75.5 Å². The number of nitrogens with two attached hydrogens (primary N) is 1. The molecule has 2 heterocycles. The molecule has 3 aliphatic rings. The van der Waals surface area contributed by atoms with Gasteiger partial charge in [-0.3, -0.25) is 9.59 Å². The Kier molecular flexibility index (Phi) is 7.36. The molecule has 1 aliphatic heterocycles. The van der Waals surface area contributed by atoms with Crippen LogP contribution in [0.2, 0.25) is 0 Å². The van der Waals surface area contributed by atoms with Gasteiger partial charge >= 0.3 is 0 Å². The zero-order chi connectivity index (χ0) is 27.7. The number of likely N-dealkylation sites (tertiary alicyclic amines) is 1. The number of nitrogens with one attached hydrogen (secondary N) is 1. The van der Waals surface area contributed by atoms with Crippen molar-refractivity contribution in [2.75, 3.05) is 11.9 Å². The fraction of sp³-hybridized carbons (Fsp3) is 0.438.